The van der Waals surface area contributed by atoms with Gasteiger partial charge in [-0.2, -0.15) is 0 Å². The van der Waals surface area contributed by atoms with Crippen molar-refractivity contribution < 1.29 is 24.8 Å². The van der Waals surface area contributed by atoms with Crippen LogP contribution in [0.25, 0.3) is 0 Å². The summed E-state index contributed by atoms with van der Waals surface area (Å²) in [6.07, 6.45) is -3.05. The highest BCUT2D eigenvalue weighted by Crippen LogP contribution is 2.35. The van der Waals surface area contributed by atoms with Crippen molar-refractivity contribution in [2.75, 3.05) is 13.2 Å². The molecule has 5 N–H and O–H groups in total. The van der Waals surface area contributed by atoms with Crippen molar-refractivity contribution >= 4 is 0 Å². The Morgan fingerprint density at radius 3 is 2.77 bits per heavy atom. The fraction of sp³-hybridized carbons (Fsp3) is 1.00. The van der Waals surface area contributed by atoms with Crippen LogP contribution in [0.4, 0.5) is 0 Å². The Bertz CT molecular complexity index is 213. The van der Waals surface area contributed by atoms with E-state index in [9.17, 15) is 10.2 Å². The minimum Gasteiger partial charge on any atom is -0.393 e. The van der Waals surface area contributed by atoms with E-state index in [0.717, 1.165) is 0 Å². The average molecular weight is 191 g/mol. The second kappa shape index (κ2) is 2.88. The Morgan fingerprint density at radius 1 is 1.46 bits per heavy atom. The Hall–Kier alpha value is -0.240. The SMILES string of the molecule is N[C@@H]1[C@H]2OC[C@](CO)(O2)[C@H](O)[C@@H]1O. The molecule has 0 saturated carbocycles. The molecule has 0 amide bonds. The molecule has 0 aromatic heterocycles. The van der Waals surface area contributed by atoms with Crippen LogP contribution in [0.2, 0.25) is 0 Å². The van der Waals surface area contributed by atoms with Crippen LogP contribution in [-0.4, -0.2) is 58.7 Å². The molecule has 2 saturated heterocycles. The molecule has 13 heavy (non-hydrogen) atoms. The molecule has 2 heterocycles. The molecule has 0 unspecified atom stereocenters. The summed E-state index contributed by atoms with van der Waals surface area (Å²) in [6.45, 7) is -0.339. The molecule has 6 nitrogen and oxygen atoms in total. The number of aliphatic hydroxyl groups excluding tert-OH is 3. The molecule has 2 rings (SSSR count). The van der Waals surface area contributed by atoms with Gasteiger partial charge in [-0.15, -0.1) is 0 Å². The predicted molar refractivity (Wildman–Crippen MR) is 40.6 cm³/mol. The van der Waals surface area contributed by atoms with Gasteiger partial charge in [0.1, 0.15) is 17.8 Å². The van der Waals surface area contributed by atoms with Gasteiger partial charge in [0, 0.05) is 0 Å². The minimum absolute atomic E-state index is 0.0556. The van der Waals surface area contributed by atoms with E-state index < -0.39 is 36.7 Å². The molecular weight excluding hydrogens is 178 g/mol. The monoisotopic (exact) mass is 191 g/mol. The van der Waals surface area contributed by atoms with Crippen molar-refractivity contribution in [3.63, 3.8) is 0 Å². The summed E-state index contributed by atoms with van der Waals surface area (Å²) in [5.74, 6) is 0. The molecule has 0 aromatic rings. The first-order chi connectivity index (χ1) is 6.10. The van der Waals surface area contributed by atoms with E-state index in [1.165, 1.54) is 0 Å². The normalized spacial score (nSPS) is 55.4. The fourth-order valence-corrected chi connectivity index (χ4v) is 1.73. The largest absolute Gasteiger partial charge is 0.393 e. The van der Waals surface area contributed by atoms with Crippen LogP contribution in [0.5, 0.6) is 0 Å². The lowest BCUT2D eigenvalue weighted by Crippen LogP contribution is -2.64. The first-order valence-electron chi connectivity index (χ1n) is 4.13. The number of ether oxygens (including phenoxy) is 2. The molecule has 6 heteroatoms. The topological polar surface area (TPSA) is 105 Å². The molecule has 2 bridgehead atoms. The van der Waals surface area contributed by atoms with Crippen LogP contribution in [0.15, 0.2) is 0 Å². The molecule has 2 aliphatic heterocycles. The van der Waals surface area contributed by atoms with Gasteiger partial charge in [-0.1, -0.05) is 0 Å². The van der Waals surface area contributed by atoms with Gasteiger partial charge in [0.05, 0.1) is 19.3 Å². The van der Waals surface area contributed by atoms with Crippen LogP contribution in [0, 0.1) is 0 Å². The third-order valence-electron chi connectivity index (χ3n) is 2.68. The van der Waals surface area contributed by atoms with Crippen molar-refractivity contribution in [1.29, 1.82) is 0 Å². The maximum absolute atomic E-state index is 9.59. The standard InChI is InChI=1S/C7H13NO5/c8-3-4(10)5(11)7(1-9)2-12-6(3)13-7/h3-6,9-11H,1-2,8H2/t3-,4+,5+,6-,7-/m0/s1. The zero-order valence-corrected chi connectivity index (χ0v) is 6.96. The quantitative estimate of drug-likeness (QED) is 0.355. The summed E-state index contributed by atoms with van der Waals surface area (Å²) in [5.41, 5.74) is 4.33. The third kappa shape index (κ3) is 1.11. The molecule has 0 aromatic carbocycles. The summed E-state index contributed by atoms with van der Waals surface area (Å²) in [7, 11) is 0. The zero-order chi connectivity index (χ0) is 9.64. The second-order valence-electron chi connectivity index (χ2n) is 3.53. The zero-order valence-electron chi connectivity index (χ0n) is 6.96. The van der Waals surface area contributed by atoms with Crippen LogP contribution >= 0.6 is 0 Å². The van der Waals surface area contributed by atoms with Crippen molar-refractivity contribution in [1.82, 2.24) is 0 Å². The lowest BCUT2D eigenvalue weighted by Gasteiger charge is -2.40. The van der Waals surface area contributed by atoms with Gasteiger partial charge in [-0.25, -0.2) is 0 Å². The molecule has 0 radical (unpaired) electrons. The minimum atomic E-state index is -1.20. The first kappa shape index (κ1) is 9.32. The highest BCUT2D eigenvalue weighted by atomic mass is 16.7. The molecular formula is C7H13NO5. The maximum Gasteiger partial charge on any atom is 0.176 e. The Kier molecular flexibility index (Phi) is 2.06. The Labute approximate surface area is 74.9 Å². The molecule has 2 fully saturated rings. The molecule has 5 atom stereocenters. The van der Waals surface area contributed by atoms with Gasteiger partial charge in [0.25, 0.3) is 0 Å². The smallest absolute Gasteiger partial charge is 0.176 e. The number of fused-ring (bicyclic) bond motifs is 2. The van der Waals surface area contributed by atoms with Crippen LogP contribution in [0.3, 0.4) is 0 Å². The summed E-state index contributed by atoms with van der Waals surface area (Å²) in [4.78, 5) is 0. The molecule has 2 aliphatic rings. The van der Waals surface area contributed by atoms with Crippen LogP contribution < -0.4 is 5.73 Å². The summed E-state index contributed by atoms with van der Waals surface area (Å²) >= 11 is 0. The lowest BCUT2D eigenvalue weighted by molar-refractivity contribution is -0.228. The average Bonchev–Trinajstić information content (AvgIpc) is 2.55. The van der Waals surface area contributed by atoms with Gasteiger partial charge in [-0.3, -0.25) is 0 Å². The number of hydrogen-bond acceptors (Lipinski definition) is 6. The fourth-order valence-electron chi connectivity index (χ4n) is 1.73. The van der Waals surface area contributed by atoms with Crippen molar-refractivity contribution in [2.45, 2.75) is 30.1 Å². The van der Waals surface area contributed by atoms with E-state index in [4.69, 9.17) is 20.3 Å². The highest BCUT2D eigenvalue weighted by Gasteiger charge is 2.57. The Morgan fingerprint density at radius 2 is 2.15 bits per heavy atom. The summed E-state index contributed by atoms with van der Waals surface area (Å²) < 4.78 is 10.3. The van der Waals surface area contributed by atoms with Gasteiger partial charge in [0.2, 0.25) is 0 Å². The van der Waals surface area contributed by atoms with Gasteiger partial charge < -0.3 is 30.5 Å². The lowest BCUT2D eigenvalue weighted by atomic mass is 9.89. The van der Waals surface area contributed by atoms with E-state index in [-0.39, 0.29) is 6.61 Å². The van der Waals surface area contributed by atoms with Crippen molar-refractivity contribution in [3.8, 4) is 0 Å². The second-order valence-corrected chi connectivity index (χ2v) is 3.53. The van der Waals surface area contributed by atoms with Gasteiger partial charge >= 0.3 is 0 Å². The van der Waals surface area contributed by atoms with E-state index in [0.29, 0.717) is 0 Å². The highest BCUT2D eigenvalue weighted by molar-refractivity contribution is 5.04. The molecule has 0 aliphatic carbocycles. The van der Waals surface area contributed by atoms with Gasteiger partial charge in [-0.05, 0) is 0 Å². The number of nitrogens with two attached hydrogens (primary N) is 1. The van der Waals surface area contributed by atoms with E-state index in [1.54, 1.807) is 0 Å². The van der Waals surface area contributed by atoms with Crippen LogP contribution in [-0.2, 0) is 9.47 Å². The van der Waals surface area contributed by atoms with E-state index >= 15 is 0 Å². The molecule has 0 spiro atoms. The summed E-state index contributed by atoms with van der Waals surface area (Å²) in [5, 5.41) is 28.1. The number of hydrogen-bond donors (Lipinski definition) is 4. The van der Waals surface area contributed by atoms with Crippen molar-refractivity contribution in [3.05, 3.63) is 0 Å². The first-order valence-corrected chi connectivity index (χ1v) is 4.13. The number of aliphatic hydroxyl groups is 3. The van der Waals surface area contributed by atoms with Crippen LogP contribution in [0.1, 0.15) is 0 Å². The maximum atomic E-state index is 9.59. The Balaban J connectivity index is 2.25. The summed E-state index contributed by atoms with van der Waals surface area (Å²) in [6, 6.07) is -0.767. The van der Waals surface area contributed by atoms with E-state index in [2.05, 4.69) is 0 Å². The predicted octanol–water partition coefficient (Wildman–Crippen LogP) is -2.85. The van der Waals surface area contributed by atoms with Gasteiger partial charge in [0.15, 0.2) is 6.29 Å². The van der Waals surface area contributed by atoms with Crippen molar-refractivity contribution in [2.24, 2.45) is 5.73 Å². The third-order valence-corrected chi connectivity index (χ3v) is 2.68. The number of rotatable bonds is 1. The molecule has 76 valence electrons. The van der Waals surface area contributed by atoms with E-state index in [1.807, 2.05) is 0 Å².